The predicted octanol–water partition coefficient (Wildman–Crippen LogP) is 1.05. The Morgan fingerprint density at radius 3 is 2.22 bits per heavy atom. The second kappa shape index (κ2) is 4.24. The van der Waals surface area contributed by atoms with Crippen molar-refractivity contribution in [1.82, 2.24) is 0 Å². The van der Waals surface area contributed by atoms with E-state index in [4.69, 9.17) is 0 Å². The number of carbonyl (C=O) groups excluding carboxylic acids is 1. The van der Waals surface area contributed by atoms with Crippen LogP contribution >= 0.6 is 0 Å². The molecule has 2 nitrogen and oxygen atoms in total. The van der Waals surface area contributed by atoms with Crippen molar-refractivity contribution in [2.24, 2.45) is 0 Å². The molecule has 0 bridgehead atoms. The van der Waals surface area contributed by atoms with E-state index in [2.05, 4.69) is 0 Å². The molecule has 0 unspecified atom stereocenters. The van der Waals surface area contributed by atoms with E-state index in [1.807, 2.05) is 20.1 Å². The second-order valence-electron chi connectivity index (χ2n) is 1.90. The van der Waals surface area contributed by atoms with Gasteiger partial charge in [0, 0.05) is 6.42 Å². The Balaban J connectivity index is 3.98. The minimum absolute atomic E-state index is 0.124. The Labute approximate surface area is 56.2 Å². The summed E-state index contributed by atoms with van der Waals surface area (Å²) in [4.78, 5) is 10.7. The molecule has 0 aliphatic heterocycles. The van der Waals surface area contributed by atoms with Gasteiger partial charge in [-0.2, -0.15) is 4.58 Å². The van der Waals surface area contributed by atoms with E-state index in [1.165, 1.54) is 0 Å². The zero-order valence-electron chi connectivity index (χ0n) is 6.35. The number of carbonyl (C=O) groups is 1. The summed E-state index contributed by atoms with van der Waals surface area (Å²) in [5.41, 5.74) is 0. The zero-order chi connectivity index (χ0) is 7.28. The Bertz CT molecular complexity index is 127. The van der Waals surface area contributed by atoms with Gasteiger partial charge in [-0.25, -0.2) is 4.79 Å². The van der Waals surface area contributed by atoms with Crippen LogP contribution in [0, 0.1) is 0 Å². The third-order valence-electron chi connectivity index (χ3n) is 1.15. The van der Waals surface area contributed by atoms with Crippen molar-refractivity contribution >= 4 is 12.1 Å². The molecule has 52 valence electrons. The maximum atomic E-state index is 10.7. The van der Waals surface area contributed by atoms with Gasteiger partial charge in [-0.1, -0.05) is 6.92 Å². The van der Waals surface area contributed by atoms with Crippen molar-refractivity contribution in [2.45, 2.75) is 27.2 Å². The van der Waals surface area contributed by atoms with Gasteiger partial charge in [0.25, 0.3) is 0 Å². The summed E-state index contributed by atoms with van der Waals surface area (Å²) in [6.07, 6.45) is 2.83. The van der Waals surface area contributed by atoms with E-state index >= 15 is 0 Å². The van der Waals surface area contributed by atoms with Crippen molar-refractivity contribution in [2.75, 3.05) is 6.54 Å². The SMILES string of the molecule is C[13C](=O)[N+](=CC[13CH3])[13CH2][13CH3]. The molecule has 0 radical (unpaired) electrons. The molecule has 9 heavy (non-hydrogen) atoms. The predicted molar refractivity (Wildman–Crippen MR) is 37.8 cm³/mol. The van der Waals surface area contributed by atoms with Crippen LogP contribution in [0.4, 0.5) is 0 Å². The smallest absolute Gasteiger partial charge is 0.220 e. The van der Waals surface area contributed by atoms with Crippen molar-refractivity contribution < 1.29 is 9.37 Å². The Morgan fingerprint density at radius 2 is 2.11 bits per heavy atom. The number of amides is 1. The van der Waals surface area contributed by atoms with Crippen LogP contribution < -0.4 is 0 Å². The Kier molecular flexibility index (Phi) is 3.93. The molecule has 0 saturated heterocycles. The monoisotopic (exact) mass is 132 g/mol. The van der Waals surface area contributed by atoms with E-state index in [-0.39, 0.29) is 5.91 Å². The molecule has 1 amide bonds. The lowest BCUT2D eigenvalue weighted by Gasteiger charge is -1.89. The minimum Gasteiger partial charge on any atom is -0.220 e. The van der Waals surface area contributed by atoms with Gasteiger partial charge in [-0.3, -0.25) is 0 Å². The lowest BCUT2D eigenvalue weighted by Crippen LogP contribution is -2.17. The summed E-state index contributed by atoms with van der Waals surface area (Å²) in [5, 5.41) is 0. The highest BCUT2D eigenvalue weighted by Crippen LogP contribution is 1.76. The fraction of sp³-hybridized carbons (Fsp3) is 0.714. The molecule has 0 aromatic carbocycles. The summed E-state index contributed by atoms with van der Waals surface area (Å²) in [5.74, 6) is 0.124. The third-order valence-corrected chi connectivity index (χ3v) is 1.15. The standard InChI is InChI=1S/C7H14NO/c1-4-6-8(5-2)7(3)9/h6H,4-5H2,1-3H3/q+1/i1+1,2+1,5+1,7+1. The van der Waals surface area contributed by atoms with E-state index in [1.54, 1.807) is 11.5 Å². The van der Waals surface area contributed by atoms with Gasteiger partial charge in [0.15, 0.2) is 0 Å². The van der Waals surface area contributed by atoms with E-state index in [0.29, 0.717) is 0 Å². The summed E-state index contributed by atoms with van der Waals surface area (Å²) >= 11 is 0. The lowest BCUT2D eigenvalue weighted by atomic mass is 10.7. The molecule has 0 aliphatic carbocycles. The van der Waals surface area contributed by atoms with Crippen LogP contribution in [0.25, 0.3) is 0 Å². The van der Waals surface area contributed by atoms with Crippen LogP contribution in [0.3, 0.4) is 0 Å². The average Bonchev–Trinajstić information content (AvgIpc) is 1.82. The van der Waals surface area contributed by atoms with Crippen LogP contribution in [0.15, 0.2) is 0 Å². The zero-order valence-corrected chi connectivity index (χ0v) is 6.35. The summed E-state index contributed by atoms with van der Waals surface area (Å²) in [6, 6.07) is 0. The summed E-state index contributed by atoms with van der Waals surface area (Å²) in [6.45, 7) is 6.35. The van der Waals surface area contributed by atoms with Crippen LogP contribution in [0.5, 0.6) is 0 Å². The molecule has 0 saturated carbocycles. The number of rotatable bonds is 2. The number of hydrogen-bond donors (Lipinski definition) is 0. The van der Waals surface area contributed by atoms with Gasteiger partial charge in [0.05, 0.1) is 6.92 Å². The van der Waals surface area contributed by atoms with Gasteiger partial charge >= 0.3 is 5.91 Å². The maximum absolute atomic E-state index is 10.7. The summed E-state index contributed by atoms with van der Waals surface area (Å²) in [7, 11) is 0. The molecule has 0 aromatic heterocycles. The third kappa shape index (κ3) is 3.01. The van der Waals surface area contributed by atoms with E-state index in [0.717, 1.165) is 13.0 Å². The van der Waals surface area contributed by atoms with Crippen molar-refractivity contribution in [3.8, 4) is 0 Å². The largest absolute Gasteiger partial charge is 0.383 e. The molecule has 0 spiro atoms. The Morgan fingerprint density at radius 1 is 1.56 bits per heavy atom. The molecule has 0 atom stereocenters. The molecule has 0 aromatic rings. The highest BCUT2D eigenvalue weighted by atomic mass is 16.2. The van der Waals surface area contributed by atoms with Gasteiger partial charge in [0.1, 0.15) is 12.8 Å². The number of nitrogens with zero attached hydrogens (tertiary/aromatic N) is 1. The van der Waals surface area contributed by atoms with Crippen molar-refractivity contribution in [1.29, 1.82) is 0 Å². The maximum Gasteiger partial charge on any atom is 0.383 e. The molecule has 0 N–H and O–H groups in total. The van der Waals surface area contributed by atoms with Crippen LogP contribution in [-0.4, -0.2) is 23.2 Å². The molecule has 0 rings (SSSR count). The Hall–Kier alpha value is -0.660. The highest BCUT2D eigenvalue weighted by Gasteiger charge is 2.04. The normalized spacial score (nSPS) is 11.7. The first-order chi connectivity index (χ1) is 4.22. The average molecular weight is 132 g/mol. The van der Waals surface area contributed by atoms with Crippen molar-refractivity contribution in [3.05, 3.63) is 0 Å². The molecule has 2 heteroatoms. The molecule has 0 fully saturated rings. The first-order valence-electron chi connectivity index (χ1n) is 3.32. The second-order valence-corrected chi connectivity index (χ2v) is 1.90. The van der Waals surface area contributed by atoms with E-state index < -0.39 is 0 Å². The fourth-order valence-electron chi connectivity index (χ4n) is 0.701. The lowest BCUT2D eigenvalue weighted by molar-refractivity contribution is -0.440. The van der Waals surface area contributed by atoms with Gasteiger partial charge in [0.2, 0.25) is 0 Å². The van der Waals surface area contributed by atoms with Gasteiger partial charge in [-0.15, -0.1) is 0 Å². The van der Waals surface area contributed by atoms with Crippen LogP contribution in [0.1, 0.15) is 27.2 Å². The first kappa shape index (κ1) is 8.34. The topological polar surface area (TPSA) is 20.1 Å². The van der Waals surface area contributed by atoms with Crippen LogP contribution in [0.2, 0.25) is 0 Å². The molecular formula is C7H14NO+. The molecule has 0 aliphatic rings. The van der Waals surface area contributed by atoms with Crippen LogP contribution in [-0.2, 0) is 4.79 Å². The van der Waals surface area contributed by atoms with Crippen molar-refractivity contribution in [3.63, 3.8) is 0 Å². The fourth-order valence-corrected chi connectivity index (χ4v) is 0.701. The summed E-state index contributed by atoms with van der Waals surface area (Å²) < 4.78 is 1.71. The molecule has 0 heterocycles. The first-order valence-corrected chi connectivity index (χ1v) is 3.32. The minimum atomic E-state index is 0.124. The number of hydrogen-bond acceptors (Lipinski definition) is 1. The highest BCUT2D eigenvalue weighted by molar-refractivity contribution is 5.69. The van der Waals surface area contributed by atoms with Gasteiger partial charge < -0.3 is 0 Å². The quantitative estimate of drug-likeness (QED) is 0.312. The van der Waals surface area contributed by atoms with Gasteiger partial charge in [-0.05, 0) is 6.92 Å². The van der Waals surface area contributed by atoms with E-state index in [9.17, 15) is 4.79 Å². The molecular weight excluding hydrogens is 118 g/mol.